The lowest BCUT2D eigenvalue weighted by Crippen LogP contribution is -2.36. The minimum atomic E-state index is -0.627. The summed E-state index contributed by atoms with van der Waals surface area (Å²) in [5.74, 6) is -0.352. The first-order valence-corrected chi connectivity index (χ1v) is 6.17. The molecule has 0 saturated heterocycles. The number of aryl methyl sites for hydroxylation is 1. The molecule has 2 aromatic heterocycles. The maximum Gasteiger partial charge on any atom is 0.141 e. The lowest BCUT2D eigenvalue weighted by Gasteiger charge is -2.22. The minimum Gasteiger partial charge on any atom is -0.320 e. The van der Waals surface area contributed by atoms with Gasteiger partial charge in [-0.2, -0.15) is 0 Å². The Bertz CT molecular complexity index is 505. The van der Waals surface area contributed by atoms with Crippen LogP contribution in [0.3, 0.4) is 0 Å². The van der Waals surface area contributed by atoms with Crippen molar-refractivity contribution in [2.75, 3.05) is 0 Å². The smallest absolute Gasteiger partial charge is 0.141 e. The molecule has 1 unspecified atom stereocenters. The van der Waals surface area contributed by atoms with Gasteiger partial charge in [0, 0.05) is 17.5 Å². The number of nitrogens with two attached hydrogens (primary N) is 1. The summed E-state index contributed by atoms with van der Waals surface area (Å²) in [4.78, 5) is 8.41. The van der Waals surface area contributed by atoms with Gasteiger partial charge in [-0.25, -0.2) is 9.37 Å². The van der Waals surface area contributed by atoms with Crippen LogP contribution in [0.25, 0.3) is 0 Å². The molecule has 0 saturated carbocycles. The Morgan fingerprint density at radius 2 is 2.24 bits per heavy atom. The van der Waals surface area contributed by atoms with Crippen molar-refractivity contribution in [1.82, 2.24) is 9.97 Å². The predicted octanol–water partition coefficient (Wildman–Crippen LogP) is 2.40. The monoisotopic (exact) mass is 251 g/mol. The number of hydrogen-bond donors (Lipinski definition) is 1. The van der Waals surface area contributed by atoms with Crippen molar-refractivity contribution in [2.45, 2.75) is 25.8 Å². The van der Waals surface area contributed by atoms with E-state index in [0.29, 0.717) is 12.1 Å². The molecule has 0 amide bonds. The van der Waals surface area contributed by atoms with Crippen LogP contribution in [0.15, 0.2) is 23.7 Å². The summed E-state index contributed by atoms with van der Waals surface area (Å²) in [6, 6.07) is 3.00. The summed E-state index contributed by atoms with van der Waals surface area (Å²) in [5, 5.41) is 2.96. The highest BCUT2D eigenvalue weighted by Gasteiger charge is 2.24. The van der Waals surface area contributed by atoms with E-state index in [1.807, 2.05) is 19.2 Å². The van der Waals surface area contributed by atoms with Crippen LogP contribution in [0.5, 0.6) is 0 Å². The van der Waals surface area contributed by atoms with E-state index in [0.717, 1.165) is 10.7 Å². The summed E-state index contributed by atoms with van der Waals surface area (Å²) >= 11 is 1.58. The molecule has 90 valence electrons. The third kappa shape index (κ3) is 2.87. The molecule has 0 aliphatic rings. The van der Waals surface area contributed by atoms with Gasteiger partial charge in [-0.15, -0.1) is 11.3 Å². The fourth-order valence-electron chi connectivity index (χ4n) is 1.60. The molecule has 2 heterocycles. The van der Waals surface area contributed by atoms with Crippen molar-refractivity contribution in [3.05, 3.63) is 45.9 Å². The summed E-state index contributed by atoms with van der Waals surface area (Å²) in [5.41, 5.74) is 7.25. The van der Waals surface area contributed by atoms with Crippen LogP contribution in [0, 0.1) is 12.7 Å². The van der Waals surface area contributed by atoms with Crippen molar-refractivity contribution >= 4 is 11.3 Å². The Labute approximate surface area is 104 Å². The first kappa shape index (κ1) is 12.1. The quantitative estimate of drug-likeness (QED) is 0.911. The van der Waals surface area contributed by atoms with Crippen molar-refractivity contribution in [1.29, 1.82) is 0 Å². The highest BCUT2D eigenvalue weighted by atomic mass is 32.1. The number of nitrogens with zero attached hydrogens (tertiary/aromatic N) is 2. The predicted molar refractivity (Wildman–Crippen MR) is 66.3 cm³/mol. The Hall–Kier alpha value is -1.33. The van der Waals surface area contributed by atoms with Crippen LogP contribution >= 0.6 is 11.3 Å². The number of rotatable bonds is 3. The molecule has 0 aliphatic heterocycles. The van der Waals surface area contributed by atoms with Crippen LogP contribution in [0.1, 0.15) is 23.3 Å². The average molecular weight is 251 g/mol. The van der Waals surface area contributed by atoms with E-state index in [9.17, 15) is 4.39 Å². The van der Waals surface area contributed by atoms with E-state index in [1.165, 1.54) is 12.3 Å². The Kier molecular flexibility index (Phi) is 3.22. The molecule has 0 spiro atoms. The molecular weight excluding hydrogens is 237 g/mol. The van der Waals surface area contributed by atoms with Crippen LogP contribution in [0.2, 0.25) is 0 Å². The Balaban J connectivity index is 2.21. The second-order valence-electron chi connectivity index (χ2n) is 4.34. The molecule has 0 aliphatic carbocycles. The third-order valence-corrected chi connectivity index (χ3v) is 3.46. The molecule has 2 aromatic rings. The van der Waals surface area contributed by atoms with E-state index in [2.05, 4.69) is 9.97 Å². The number of pyridine rings is 1. The fourth-order valence-corrected chi connectivity index (χ4v) is 2.54. The first-order chi connectivity index (χ1) is 7.97. The standard InChI is InChI=1S/C12H14FN3S/c1-8-7-17-11(16-8)5-12(2,14)10-4-3-9(13)6-15-10/h3-4,6-7H,5,14H2,1-2H3. The van der Waals surface area contributed by atoms with Crippen LogP contribution in [0.4, 0.5) is 4.39 Å². The number of hydrogen-bond acceptors (Lipinski definition) is 4. The lowest BCUT2D eigenvalue weighted by molar-refractivity contribution is 0.471. The fraction of sp³-hybridized carbons (Fsp3) is 0.333. The SMILES string of the molecule is Cc1csc(CC(C)(N)c2ccc(F)cn2)n1. The van der Waals surface area contributed by atoms with Gasteiger partial charge in [0.2, 0.25) is 0 Å². The molecule has 5 heteroatoms. The first-order valence-electron chi connectivity index (χ1n) is 5.29. The van der Waals surface area contributed by atoms with Crippen LogP contribution < -0.4 is 5.73 Å². The summed E-state index contributed by atoms with van der Waals surface area (Å²) < 4.78 is 12.8. The van der Waals surface area contributed by atoms with Gasteiger partial charge < -0.3 is 5.73 Å². The van der Waals surface area contributed by atoms with Gasteiger partial charge >= 0.3 is 0 Å². The Morgan fingerprint density at radius 1 is 1.47 bits per heavy atom. The van der Waals surface area contributed by atoms with E-state index in [1.54, 1.807) is 17.4 Å². The molecular formula is C12H14FN3S. The lowest BCUT2D eigenvalue weighted by atomic mass is 9.95. The zero-order valence-electron chi connectivity index (χ0n) is 9.77. The summed E-state index contributed by atoms with van der Waals surface area (Å²) in [6.07, 6.45) is 1.79. The van der Waals surface area contributed by atoms with E-state index in [4.69, 9.17) is 5.73 Å². The summed E-state index contributed by atoms with van der Waals surface area (Å²) in [6.45, 7) is 3.83. The molecule has 1 atom stereocenters. The molecule has 0 aromatic carbocycles. The second-order valence-corrected chi connectivity index (χ2v) is 5.28. The maximum absolute atomic E-state index is 12.8. The van der Waals surface area contributed by atoms with Crippen molar-refractivity contribution in [3.8, 4) is 0 Å². The average Bonchev–Trinajstić information content (AvgIpc) is 2.63. The van der Waals surface area contributed by atoms with Gasteiger partial charge in [0.05, 0.1) is 22.4 Å². The van der Waals surface area contributed by atoms with Crippen molar-refractivity contribution in [3.63, 3.8) is 0 Å². The van der Waals surface area contributed by atoms with E-state index < -0.39 is 5.54 Å². The zero-order valence-corrected chi connectivity index (χ0v) is 10.6. The van der Waals surface area contributed by atoms with Gasteiger partial charge in [0.25, 0.3) is 0 Å². The molecule has 17 heavy (non-hydrogen) atoms. The maximum atomic E-state index is 12.8. The van der Waals surface area contributed by atoms with Gasteiger partial charge in [0.1, 0.15) is 5.82 Å². The van der Waals surface area contributed by atoms with E-state index >= 15 is 0 Å². The highest BCUT2D eigenvalue weighted by molar-refractivity contribution is 7.09. The molecule has 0 radical (unpaired) electrons. The molecule has 0 bridgehead atoms. The van der Waals surface area contributed by atoms with Gasteiger partial charge in [-0.05, 0) is 26.0 Å². The zero-order chi connectivity index (χ0) is 12.5. The number of aromatic nitrogens is 2. The largest absolute Gasteiger partial charge is 0.320 e. The topological polar surface area (TPSA) is 51.8 Å². The van der Waals surface area contributed by atoms with Crippen molar-refractivity contribution in [2.24, 2.45) is 5.73 Å². The van der Waals surface area contributed by atoms with Crippen LogP contribution in [-0.2, 0) is 12.0 Å². The normalized spacial score (nSPS) is 14.6. The Morgan fingerprint density at radius 3 is 2.76 bits per heavy atom. The number of halogens is 1. The van der Waals surface area contributed by atoms with Crippen LogP contribution in [-0.4, -0.2) is 9.97 Å². The van der Waals surface area contributed by atoms with E-state index in [-0.39, 0.29) is 5.82 Å². The van der Waals surface area contributed by atoms with Gasteiger partial charge in [-0.3, -0.25) is 4.98 Å². The van der Waals surface area contributed by atoms with Gasteiger partial charge in [-0.1, -0.05) is 0 Å². The molecule has 2 N–H and O–H groups in total. The molecule has 2 rings (SSSR count). The van der Waals surface area contributed by atoms with Crippen molar-refractivity contribution < 1.29 is 4.39 Å². The minimum absolute atomic E-state index is 0.352. The van der Waals surface area contributed by atoms with Gasteiger partial charge in [0.15, 0.2) is 0 Å². The highest BCUT2D eigenvalue weighted by Crippen LogP contribution is 2.23. The summed E-state index contributed by atoms with van der Waals surface area (Å²) in [7, 11) is 0. The molecule has 3 nitrogen and oxygen atoms in total. The third-order valence-electron chi connectivity index (χ3n) is 2.50. The molecule has 0 fully saturated rings. The second kappa shape index (κ2) is 4.50. The number of thiazole rings is 1.